The maximum Gasteiger partial charge on any atom is 0.251 e. The molecule has 1 rings (SSSR count). The topological polar surface area (TPSA) is 64.3 Å². The number of nitrogen functional groups attached to an aromatic ring is 1. The van der Waals surface area contributed by atoms with Crippen molar-refractivity contribution in [3.8, 4) is 5.75 Å². The molecule has 0 heterocycles. The van der Waals surface area contributed by atoms with Crippen molar-refractivity contribution >= 4 is 11.6 Å². The molecule has 0 bridgehead atoms. The number of hydrogen-bond donors (Lipinski definition) is 2. The van der Waals surface area contributed by atoms with Gasteiger partial charge in [-0.15, -0.1) is 0 Å². The molecule has 0 unspecified atom stereocenters. The summed E-state index contributed by atoms with van der Waals surface area (Å²) in [6.45, 7) is 5.27. The standard InChI is InChI=1S/C14H22N2O2/c1-3-5-6-9-18-13-10-11(7-8-12(13)15)14(17)16-4-2/h7-8,10H,3-6,9,15H2,1-2H3,(H,16,17). The average Bonchev–Trinajstić information content (AvgIpc) is 2.37. The van der Waals surface area contributed by atoms with Gasteiger partial charge < -0.3 is 15.8 Å². The van der Waals surface area contributed by atoms with Crippen molar-refractivity contribution in [3.63, 3.8) is 0 Å². The molecule has 1 aromatic carbocycles. The number of anilines is 1. The van der Waals surface area contributed by atoms with Crippen molar-refractivity contribution in [1.29, 1.82) is 0 Å². The number of carbonyl (C=O) groups is 1. The predicted molar refractivity (Wildman–Crippen MR) is 73.9 cm³/mol. The molecule has 0 aliphatic rings. The van der Waals surface area contributed by atoms with Gasteiger partial charge in [-0.3, -0.25) is 4.79 Å². The SMILES string of the molecule is CCCCCOc1cc(C(=O)NCC)ccc1N. The summed E-state index contributed by atoms with van der Waals surface area (Å²) in [6, 6.07) is 5.12. The smallest absolute Gasteiger partial charge is 0.251 e. The molecule has 1 amide bonds. The third kappa shape index (κ3) is 4.28. The van der Waals surface area contributed by atoms with Gasteiger partial charge >= 0.3 is 0 Å². The summed E-state index contributed by atoms with van der Waals surface area (Å²) in [5, 5.41) is 2.75. The zero-order valence-electron chi connectivity index (χ0n) is 11.2. The Hall–Kier alpha value is -1.71. The average molecular weight is 250 g/mol. The highest BCUT2D eigenvalue weighted by atomic mass is 16.5. The molecule has 3 N–H and O–H groups in total. The fraction of sp³-hybridized carbons (Fsp3) is 0.500. The van der Waals surface area contributed by atoms with Crippen LogP contribution in [-0.2, 0) is 0 Å². The summed E-state index contributed by atoms with van der Waals surface area (Å²) in [5.74, 6) is 0.491. The van der Waals surface area contributed by atoms with Gasteiger partial charge in [0.25, 0.3) is 5.91 Å². The number of nitrogens with two attached hydrogens (primary N) is 1. The lowest BCUT2D eigenvalue weighted by Gasteiger charge is -2.10. The highest BCUT2D eigenvalue weighted by Crippen LogP contribution is 2.23. The molecule has 0 aromatic heterocycles. The van der Waals surface area contributed by atoms with Gasteiger partial charge in [0, 0.05) is 12.1 Å². The Labute approximate surface area is 109 Å². The number of hydrogen-bond acceptors (Lipinski definition) is 3. The van der Waals surface area contributed by atoms with E-state index in [-0.39, 0.29) is 5.91 Å². The normalized spacial score (nSPS) is 10.1. The van der Waals surface area contributed by atoms with Gasteiger partial charge in [0.05, 0.1) is 12.3 Å². The van der Waals surface area contributed by atoms with Crippen LogP contribution in [0.25, 0.3) is 0 Å². The van der Waals surface area contributed by atoms with Gasteiger partial charge in [0.2, 0.25) is 0 Å². The third-order valence-corrected chi connectivity index (χ3v) is 2.62. The van der Waals surface area contributed by atoms with Gasteiger partial charge in [-0.05, 0) is 31.5 Å². The van der Waals surface area contributed by atoms with E-state index >= 15 is 0 Å². The largest absolute Gasteiger partial charge is 0.491 e. The van der Waals surface area contributed by atoms with E-state index in [2.05, 4.69) is 12.2 Å². The summed E-state index contributed by atoms with van der Waals surface area (Å²) < 4.78 is 5.60. The van der Waals surface area contributed by atoms with Gasteiger partial charge in [-0.1, -0.05) is 19.8 Å². The van der Waals surface area contributed by atoms with E-state index in [1.807, 2.05) is 6.92 Å². The molecule has 4 heteroatoms. The Balaban J connectivity index is 2.66. The van der Waals surface area contributed by atoms with Gasteiger partial charge in [-0.25, -0.2) is 0 Å². The van der Waals surface area contributed by atoms with E-state index in [1.54, 1.807) is 18.2 Å². The van der Waals surface area contributed by atoms with Crippen LogP contribution < -0.4 is 15.8 Å². The van der Waals surface area contributed by atoms with Crippen LogP contribution in [0.15, 0.2) is 18.2 Å². The molecule has 0 aliphatic carbocycles. The minimum absolute atomic E-state index is 0.101. The molecular formula is C14H22N2O2. The van der Waals surface area contributed by atoms with Crippen LogP contribution in [-0.4, -0.2) is 19.1 Å². The Kier molecular flexibility index (Phi) is 6.05. The summed E-state index contributed by atoms with van der Waals surface area (Å²) in [5.41, 5.74) is 6.97. The first-order valence-corrected chi connectivity index (χ1v) is 6.49. The van der Waals surface area contributed by atoms with Crippen LogP contribution in [0.2, 0.25) is 0 Å². The zero-order valence-corrected chi connectivity index (χ0v) is 11.2. The summed E-state index contributed by atoms with van der Waals surface area (Å²) in [4.78, 5) is 11.7. The van der Waals surface area contributed by atoms with Crippen LogP contribution in [0.4, 0.5) is 5.69 Å². The van der Waals surface area contributed by atoms with Crippen LogP contribution in [0.1, 0.15) is 43.5 Å². The minimum atomic E-state index is -0.101. The molecule has 0 atom stereocenters. The molecule has 0 fully saturated rings. The van der Waals surface area contributed by atoms with E-state index in [4.69, 9.17) is 10.5 Å². The predicted octanol–water partition coefficient (Wildman–Crippen LogP) is 2.59. The van der Waals surface area contributed by atoms with Gasteiger partial charge in [-0.2, -0.15) is 0 Å². The fourth-order valence-corrected chi connectivity index (χ4v) is 1.60. The molecule has 0 aliphatic heterocycles. The lowest BCUT2D eigenvalue weighted by Crippen LogP contribution is -2.22. The lowest BCUT2D eigenvalue weighted by molar-refractivity contribution is 0.0955. The monoisotopic (exact) mass is 250 g/mol. The molecule has 100 valence electrons. The number of amides is 1. The van der Waals surface area contributed by atoms with Crippen LogP contribution in [0.5, 0.6) is 5.75 Å². The van der Waals surface area contributed by atoms with Crippen molar-refractivity contribution in [2.45, 2.75) is 33.1 Å². The minimum Gasteiger partial charge on any atom is -0.491 e. The van der Waals surface area contributed by atoms with Gasteiger partial charge in [0.15, 0.2) is 0 Å². The number of carbonyl (C=O) groups excluding carboxylic acids is 1. The Bertz CT molecular complexity index is 391. The fourth-order valence-electron chi connectivity index (χ4n) is 1.60. The first kappa shape index (κ1) is 14.4. The lowest BCUT2D eigenvalue weighted by atomic mass is 10.1. The van der Waals surface area contributed by atoms with E-state index in [9.17, 15) is 4.79 Å². The van der Waals surface area contributed by atoms with Crippen molar-refractivity contribution in [2.75, 3.05) is 18.9 Å². The van der Waals surface area contributed by atoms with Crippen molar-refractivity contribution in [2.24, 2.45) is 0 Å². The molecule has 4 nitrogen and oxygen atoms in total. The Morgan fingerprint density at radius 2 is 2.11 bits per heavy atom. The number of ether oxygens (including phenoxy) is 1. The second kappa shape index (κ2) is 7.58. The quantitative estimate of drug-likeness (QED) is 0.577. The molecule has 18 heavy (non-hydrogen) atoms. The molecular weight excluding hydrogens is 228 g/mol. The third-order valence-electron chi connectivity index (χ3n) is 2.62. The highest BCUT2D eigenvalue weighted by molar-refractivity contribution is 5.95. The number of unbranched alkanes of at least 4 members (excludes halogenated alkanes) is 2. The zero-order chi connectivity index (χ0) is 13.4. The number of rotatable bonds is 7. The summed E-state index contributed by atoms with van der Waals surface area (Å²) >= 11 is 0. The van der Waals surface area contributed by atoms with Crippen molar-refractivity contribution < 1.29 is 9.53 Å². The molecule has 0 spiro atoms. The van der Waals surface area contributed by atoms with E-state index < -0.39 is 0 Å². The van der Waals surface area contributed by atoms with Crippen molar-refractivity contribution in [1.82, 2.24) is 5.32 Å². The molecule has 1 aromatic rings. The highest BCUT2D eigenvalue weighted by Gasteiger charge is 2.08. The van der Waals surface area contributed by atoms with Crippen LogP contribution >= 0.6 is 0 Å². The molecule has 0 radical (unpaired) electrons. The van der Waals surface area contributed by atoms with E-state index in [0.29, 0.717) is 30.2 Å². The first-order valence-electron chi connectivity index (χ1n) is 6.49. The van der Waals surface area contributed by atoms with E-state index in [0.717, 1.165) is 19.3 Å². The summed E-state index contributed by atoms with van der Waals surface area (Å²) in [6.07, 6.45) is 3.29. The number of nitrogens with one attached hydrogen (secondary N) is 1. The Morgan fingerprint density at radius 1 is 1.33 bits per heavy atom. The summed E-state index contributed by atoms with van der Waals surface area (Å²) in [7, 11) is 0. The van der Waals surface area contributed by atoms with Crippen molar-refractivity contribution in [3.05, 3.63) is 23.8 Å². The molecule has 0 saturated carbocycles. The van der Waals surface area contributed by atoms with Crippen LogP contribution in [0, 0.1) is 0 Å². The van der Waals surface area contributed by atoms with Gasteiger partial charge in [0.1, 0.15) is 5.75 Å². The second-order valence-electron chi connectivity index (χ2n) is 4.17. The maximum atomic E-state index is 11.7. The number of benzene rings is 1. The van der Waals surface area contributed by atoms with Crippen LogP contribution in [0.3, 0.4) is 0 Å². The van der Waals surface area contributed by atoms with E-state index in [1.165, 1.54) is 0 Å². The maximum absolute atomic E-state index is 11.7. The second-order valence-corrected chi connectivity index (χ2v) is 4.17. The Morgan fingerprint density at radius 3 is 2.78 bits per heavy atom. The molecule has 0 saturated heterocycles. The first-order chi connectivity index (χ1) is 8.69.